The molecule has 0 atom stereocenters. The summed E-state index contributed by atoms with van der Waals surface area (Å²) in [5.74, 6) is -0.0999. The van der Waals surface area contributed by atoms with Crippen LogP contribution in [0.15, 0.2) is 12.1 Å². The highest BCUT2D eigenvalue weighted by Gasteiger charge is 2.15. The second-order valence-corrected chi connectivity index (χ2v) is 4.21. The monoisotopic (exact) mass is 220 g/mol. The Morgan fingerprint density at radius 1 is 1.31 bits per heavy atom. The molecule has 1 N–H and O–H groups in total. The Morgan fingerprint density at radius 3 is 2.50 bits per heavy atom. The Labute approximate surface area is 95.0 Å². The van der Waals surface area contributed by atoms with Crippen molar-refractivity contribution in [3.63, 3.8) is 0 Å². The summed E-state index contributed by atoms with van der Waals surface area (Å²) in [6.45, 7) is 0. The maximum atomic E-state index is 10.7. The van der Waals surface area contributed by atoms with Crippen LogP contribution in [0.5, 0.6) is 5.75 Å². The van der Waals surface area contributed by atoms with Gasteiger partial charge in [-0.3, -0.25) is 4.79 Å². The number of hydrogen-bond acceptors (Lipinski definition) is 2. The molecule has 0 amide bonds. The molecule has 16 heavy (non-hydrogen) atoms. The standard InChI is InChI=1S/C13H16O3/c1-16-12-7-10-5-3-2-4-9(10)6-11(12)8-13(14)15/h6-7H,2-5,8H2,1H3,(H,14,15). The average Bonchev–Trinajstić information content (AvgIpc) is 2.27. The van der Waals surface area contributed by atoms with Crippen LogP contribution in [0.4, 0.5) is 0 Å². The molecule has 0 saturated heterocycles. The van der Waals surface area contributed by atoms with Gasteiger partial charge in [0.25, 0.3) is 0 Å². The fraction of sp³-hybridized carbons (Fsp3) is 0.462. The minimum atomic E-state index is -0.811. The number of methoxy groups -OCH3 is 1. The molecule has 1 aliphatic rings. The molecule has 1 aromatic carbocycles. The van der Waals surface area contributed by atoms with Crippen LogP contribution in [0.25, 0.3) is 0 Å². The zero-order valence-electron chi connectivity index (χ0n) is 9.45. The third-order valence-corrected chi connectivity index (χ3v) is 3.09. The van der Waals surface area contributed by atoms with Gasteiger partial charge in [0, 0.05) is 5.56 Å². The van der Waals surface area contributed by atoms with E-state index in [1.807, 2.05) is 12.1 Å². The van der Waals surface area contributed by atoms with E-state index in [1.165, 1.54) is 24.0 Å². The molecule has 0 bridgehead atoms. The van der Waals surface area contributed by atoms with Crippen molar-refractivity contribution in [1.82, 2.24) is 0 Å². The number of rotatable bonds is 3. The maximum absolute atomic E-state index is 10.7. The molecule has 1 aromatic rings. The van der Waals surface area contributed by atoms with Crippen molar-refractivity contribution in [1.29, 1.82) is 0 Å². The van der Waals surface area contributed by atoms with Crippen LogP contribution in [0.2, 0.25) is 0 Å². The SMILES string of the molecule is COc1cc2c(cc1CC(=O)O)CCCC2. The lowest BCUT2D eigenvalue weighted by Crippen LogP contribution is -2.08. The van der Waals surface area contributed by atoms with Gasteiger partial charge in [0.2, 0.25) is 0 Å². The molecule has 0 aliphatic heterocycles. The van der Waals surface area contributed by atoms with Gasteiger partial charge in [0.15, 0.2) is 0 Å². The summed E-state index contributed by atoms with van der Waals surface area (Å²) in [6.07, 6.45) is 4.60. The van der Waals surface area contributed by atoms with Gasteiger partial charge in [0.1, 0.15) is 5.75 Å². The first kappa shape index (κ1) is 11.0. The number of benzene rings is 1. The molecule has 0 unspecified atom stereocenters. The third kappa shape index (κ3) is 2.18. The largest absolute Gasteiger partial charge is 0.496 e. The Kier molecular flexibility index (Phi) is 3.13. The smallest absolute Gasteiger partial charge is 0.307 e. The molecule has 2 rings (SSSR count). The summed E-state index contributed by atoms with van der Waals surface area (Å²) in [4.78, 5) is 10.7. The van der Waals surface area contributed by atoms with Gasteiger partial charge in [-0.05, 0) is 42.9 Å². The van der Waals surface area contributed by atoms with Crippen molar-refractivity contribution >= 4 is 5.97 Å². The molecule has 0 aromatic heterocycles. The van der Waals surface area contributed by atoms with E-state index in [9.17, 15) is 4.79 Å². The first-order valence-corrected chi connectivity index (χ1v) is 5.61. The lowest BCUT2D eigenvalue weighted by molar-refractivity contribution is -0.136. The molecule has 0 radical (unpaired) electrons. The van der Waals surface area contributed by atoms with Crippen molar-refractivity contribution < 1.29 is 14.6 Å². The van der Waals surface area contributed by atoms with Crippen LogP contribution >= 0.6 is 0 Å². The van der Waals surface area contributed by atoms with E-state index >= 15 is 0 Å². The maximum Gasteiger partial charge on any atom is 0.307 e. The predicted octanol–water partition coefficient (Wildman–Crippen LogP) is 2.20. The van der Waals surface area contributed by atoms with Gasteiger partial charge in [0.05, 0.1) is 13.5 Å². The summed E-state index contributed by atoms with van der Waals surface area (Å²) in [7, 11) is 1.59. The fourth-order valence-electron chi connectivity index (χ4n) is 2.31. The molecule has 0 saturated carbocycles. The molecular weight excluding hydrogens is 204 g/mol. The van der Waals surface area contributed by atoms with Crippen molar-refractivity contribution in [2.24, 2.45) is 0 Å². The Bertz CT molecular complexity index is 410. The summed E-state index contributed by atoms with van der Waals surface area (Å²) >= 11 is 0. The lowest BCUT2D eigenvalue weighted by Gasteiger charge is -2.18. The number of fused-ring (bicyclic) bond motifs is 1. The molecule has 86 valence electrons. The topological polar surface area (TPSA) is 46.5 Å². The Hall–Kier alpha value is -1.51. The van der Waals surface area contributed by atoms with Gasteiger partial charge in [-0.25, -0.2) is 0 Å². The van der Waals surface area contributed by atoms with Crippen molar-refractivity contribution in [3.05, 3.63) is 28.8 Å². The Balaban J connectivity index is 2.39. The average molecular weight is 220 g/mol. The van der Waals surface area contributed by atoms with E-state index in [-0.39, 0.29) is 6.42 Å². The predicted molar refractivity (Wildman–Crippen MR) is 61.0 cm³/mol. The van der Waals surface area contributed by atoms with E-state index in [0.717, 1.165) is 18.4 Å². The Morgan fingerprint density at radius 2 is 1.94 bits per heavy atom. The number of aliphatic carboxylic acids is 1. The van der Waals surface area contributed by atoms with E-state index in [2.05, 4.69) is 0 Å². The van der Waals surface area contributed by atoms with Crippen LogP contribution in [0, 0.1) is 0 Å². The normalized spacial score (nSPS) is 14.3. The van der Waals surface area contributed by atoms with E-state index < -0.39 is 5.97 Å². The summed E-state index contributed by atoms with van der Waals surface area (Å²) < 4.78 is 5.25. The molecule has 0 fully saturated rings. The zero-order chi connectivity index (χ0) is 11.5. The van der Waals surface area contributed by atoms with Gasteiger partial charge >= 0.3 is 5.97 Å². The van der Waals surface area contributed by atoms with Crippen LogP contribution < -0.4 is 4.74 Å². The minimum Gasteiger partial charge on any atom is -0.496 e. The zero-order valence-corrected chi connectivity index (χ0v) is 9.45. The summed E-state index contributed by atoms with van der Waals surface area (Å²) in [6, 6.07) is 4.01. The molecular formula is C13H16O3. The molecule has 0 heterocycles. The van der Waals surface area contributed by atoms with Crippen molar-refractivity contribution in [3.8, 4) is 5.75 Å². The first-order chi connectivity index (χ1) is 7.70. The van der Waals surface area contributed by atoms with Crippen LogP contribution in [-0.4, -0.2) is 18.2 Å². The van der Waals surface area contributed by atoms with Crippen LogP contribution in [0.1, 0.15) is 29.5 Å². The molecule has 0 spiro atoms. The highest BCUT2D eigenvalue weighted by atomic mass is 16.5. The first-order valence-electron chi connectivity index (χ1n) is 5.61. The van der Waals surface area contributed by atoms with E-state index in [1.54, 1.807) is 7.11 Å². The molecule has 1 aliphatic carbocycles. The number of carbonyl (C=O) groups is 1. The minimum absolute atomic E-state index is 0.0381. The van der Waals surface area contributed by atoms with E-state index in [0.29, 0.717) is 5.75 Å². The highest BCUT2D eigenvalue weighted by molar-refractivity contribution is 5.71. The highest BCUT2D eigenvalue weighted by Crippen LogP contribution is 2.29. The van der Waals surface area contributed by atoms with Crippen LogP contribution in [-0.2, 0) is 24.1 Å². The summed E-state index contributed by atoms with van der Waals surface area (Å²) in [5, 5.41) is 8.84. The number of carboxylic acid groups (broad SMARTS) is 1. The molecule has 3 heteroatoms. The second kappa shape index (κ2) is 4.56. The molecule has 3 nitrogen and oxygen atoms in total. The van der Waals surface area contributed by atoms with Gasteiger partial charge < -0.3 is 9.84 Å². The quantitative estimate of drug-likeness (QED) is 0.849. The number of aryl methyl sites for hydroxylation is 2. The number of hydrogen-bond donors (Lipinski definition) is 1. The van der Waals surface area contributed by atoms with Gasteiger partial charge in [-0.2, -0.15) is 0 Å². The lowest BCUT2D eigenvalue weighted by atomic mass is 9.89. The van der Waals surface area contributed by atoms with Crippen molar-refractivity contribution in [2.45, 2.75) is 32.1 Å². The number of carboxylic acids is 1. The van der Waals surface area contributed by atoms with Gasteiger partial charge in [-0.1, -0.05) is 6.07 Å². The fourth-order valence-corrected chi connectivity index (χ4v) is 2.31. The summed E-state index contributed by atoms with van der Waals surface area (Å²) in [5.41, 5.74) is 3.40. The van der Waals surface area contributed by atoms with Crippen LogP contribution in [0.3, 0.4) is 0 Å². The van der Waals surface area contributed by atoms with Gasteiger partial charge in [-0.15, -0.1) is 0 Å². The van der Waals surface area contributed by atoms with E-state index in [4.69, 9.17) is 9.84 Å². The third-order valence-electron chi connectivity index (χ3n) is 3.09. The van der Waals surface area contributed by atoms with Crippen molar-refractivity contribution in [2.75, 3.05) is 7.11 Å². The second-order valence-electron chi connectivity index (χ2n) is 4.21. The number of ether oxygens (including phenoxy) is 1.